The number of carbonyl (C=O) groups excluding carboxylic acids is 2. The summed E-state index contributed by atoms with van der Waals surface area (Å²) in [7, 11) is 1.27. The lowest BCUT2D eigenvalue weighted by atomic mass is 10.1. The minimum absolute atomic E-state index is 0.0291. The van der Waals surface area contributed by atoms with Crippen LogP contribution in [0.2, 0.25) is 0 Å². The Kier molecular flexibility index (Phi) is 5.83. The first-order chi connectivity index (χ1) is 11.0. The molecule has 0 aromatic carbocycles. The molecule has 1 aliphatic rings. The van der Waals surface area contributed by atoms with Crippen molar-refractivity contribution in [3.8, 4) is 0 Å². The maximum absolute atomic E-state index is 11.5. The van der Waals surface area contributed by atoms with Gasteiger partial charge in [0.15, 0.2) is 12.0 Å². The van der Waals surface area contributed by atoms with Crippen LogP contribution in [-0.2, 0) is 23.7 Å². The predicted molar refractivity (Wildman–Crippen MR) is 76.5 cm³/mol. The highest BCUT2D eigenvalue weighted by molar-refractivity contribution is 5.86. The zero-order valence-corrected chi connectivity index (χ0v) is 13.2. The van der Waals surface area contributed by atoms with E-state index < -0.39 is 30.4 Å². The Hall–Kier alpha value is -2.26. The Morgan fingerprint density at radius 1 is 1.39 bits per heavy atom. The van der Waals surface area contributed by atoms with E-state index in [1.807, 2.05) is 13.0 Å². The van der Waals surface area contributed by atoms with Gasteiger partial charge in [-0.1, -0.05) is 11.3 Å². The van der Waals surface area contributed by atoms with Gasteiger partial charge in [0.2, 0.25) is 0 Å². The molecule has 0 spiro atoms. The largest absolute Gasteiger partial charge is 0.464 e. The van der Waals surface area contributed by atoms with E-state index in [0.717, 1.165) is 0 Å². The normalized spacial score (nSPS) is 23.5. The Morgan fingerprint density at radius 2 is 2.17 bits per heavy atom. The number of nitrogens with zero attached hydrogens (tertiary/aromatic N) is 3. The summed E-state index contributed by atoms with van der Waals surface area (Å²) in [5, 5.41) is 7.67. The molecule has 0 unspecified atom stereocenters. The molecule has 3 atom stereocenters. The van der Waals surface area contributed by atoms with Gasteiger partial charge in [-0.3, -0.25) is 4.79 Å². The smallest absolute Gasteiger partial charge is 0.360 e. The lowest BCUT2D eigenvalue weighted by Gasteiger charge is -2.31. The maximum atomic E-state index is 11.5. The molecule has 0 saturated carbocycles. The summed E-state index contributed by atoms with van der Waals surface area (Å²) in [5.74, 6) is -0.996. The van der Waals surface area contributed by atoms with Gasteiger partial charge in [0, 0.05) is 13.5 Å². The number of methoxy groups -OCH3 is 1. The van der Waals surface area contributed by atoms with Crippen LogP contribution in [0.15, 0.2) is 18.3 Å². The third kappa shape index (κ3) is 4.36. The predicted octanol–water partition coefficient (Wildman–Crippen LogP) is 0.486. The first-order valence-electron chi connectivity index (χ1n) is 7.14. The number of hydrogen-bond acceptors (Lipinski definition) is 8. The van der Waals surface area contributed by atoms with Crippen LogP contribution in [-0.4, -0.2) is 59.7 Å². The fourth-order valence-electron chi connectivity index (χ4n) is 2.10. The van der Waals surface area contributed by atoms with Gasteiger partial charge in [-0.05, 0) is 13.0 Å². The first-order valence-corrected chi connectivity index (χ1v) is 7.14. The minimum Gasteiger partial charge on any atom is -0.464 e. The van der Waals surface area contributed by atoms with Crippen LogP contribution in [0.1, 0.15) is 30.4 Å². The van der Waals surface area contributed by atoms with Crippen molar-refractivity contribution in [3.63, 3.8) is 0 Å². The summed E-state index contributed by atoms with van der Waals surface area (Å²) in [6.45, 7) is 3.68. The number of rotatable bonds is 6. The quantitative estimate of drug-likeness (QED) is 0.550. The van der Waals surface area contributed by atoms with Crippen molar-refractivity contribution in [2.45, 2.75) is 32.3 Å². The summed E-state index contributed by atoms with van der Waals surface area (Å²) in [4.78, 5) is 22.5. The molecule has 23 heavy (non-hydrogen) atoms. The molecule has 0 N–H and O–H groups in total. The van der Waals surface area contributed by atoms with Crippen molar-refractivity contribution in [2.24, 2.45) is 0 Å². The summed E-state index contributed by atoms with van der Waals surface area (Å²) < 4.78 is 22.2. The Labute approximate surface area is 133 Å². The Morgan fingerprint density at radius 3 is 2.83 bits per heavy atom. The fourth-order valence-corrected chi connectivity index (χ4v) is 2.10. The maximum Gasteiger partial charge on any atom is 0.360 e. The van der Waals surface area contributed by atoms with Crippen molar-refractivity contribution >= 4 is 11.9 Å². The van der Waals surface area contributed by atoms with Crippen LogP contribution in [0.4, 0.5) is 0 Å². The molecule has 2 rings (SSSR count). The van der Waals surface area contributed by atoms with Crippen LogP contribution in [0.3, 0.4) is 0 Å². The third-order valence-electron chi connectivity index (χ3n) is 3.15. The van der Waals surface area contributed by atoms with Crippen molar-refractivity contribution in [1.82, 2.24) is 15.0 Å². The average molecular weight is 325 g/mol. The molecule has 0 saturated heterocycles. The molecule has 0 amide bonds. The van der Waals surface area contributed by atoms with Crippen LogP contribution in [0.25, 0.3) is 0 Å². The van der Waals surface area contributed by atoms with E-state index in [2.05, 4.69) is 15.0 Å². The zero-order valence-electron chi connectivity index (χ0n) is 13.2. The molecule has 0 fully saturated rings. The summed E-state index contributed by atoms with van der Waals surface area (Å²) >= 11 is 0. The van der Waals surface area contributed by atoms with Gasteiger partial charge in [0.1, 0.15) is 18.8 Å². The molecule has 126 valence electrons. The SMILES string of the molecule is CCO[C@@H]1C=C[C@H](n2cc(C(=O)OC)nn2)[C@@H](COC(C)=O)O1. The standard InChI is InChI=1S/C14H19N3O6/c1-4-21-13-6-5-11(12(23-13)8-22-9(2)18)17-7-10(15-16-17)14(19)20-3/h5-7,11-13H,4,8H2,1-3H3/t11-,12+,13-/m0/s1. The lowest BCUT2D eigenvalue weighted by molar-refractivity contribution is -0.177. The molecule has 0 bridgehead atoms. The second-order valence-corrected chi connectivity index (χ2v) is 4.75. The fraction of sp³-hybridized carbons (Fsp3) is 0.571. The molecule has 0 aliphatic carbocycles. The lowest BCUT2D eigenvalue weighted by Crippen LogP contribution is -2.38. The molecular formula is C14H19N3O6. The van der Waals surface area contributed by atoms with E-state index in [1.54, 1.807) is 6.08 Å². The highest BCUT2D eigenvalue weighted by Gasteiger charge is 2.31. The van der Waals surface area contributed by atoms with Gasteiger partial charge in [0.05, 0.1) is 13.3 Å². The minimum atomic E-state index is -0.583. The molecule has 0 radical (unpaired) electrons. The highest BCUT2D eigenvalue weighted by atomic mass is 16.7. The molecule has 9 nitrogen and oxygen atoms in total. The second-order valence-electron chi connectivity index (χ2n) is 4.75. The summed E-state index contributed by atoms with van der Waals surface area (Å²) in [5.41, 5.74) is 0.0825. The van der Waals surface area contributed by atoms with Gasteiger partial charge in [-0.25, -0.2) is 9.48 Å². The molecule has 1 aromatic heterocycles. The van der Waals surface area contributed by atoms with Gasteiger partial charge in [-0.2, -0.15) is 0 Å². The highest BCUT2D eigenvalue weighted by Crippen LogP contribution is 2.24. The number of esters is 2. The molecule has 2 heterocycles. The van der Waals surface area contributed by atoms with Crippen LogP contribution >= 0.6 is 0 Å². The van der Waals surface area contributed by atoms with Crippen molar-refractivity contribution in [1.29, 1.82) is 0 Å². The van der Waals surface area contributed by atoms with E-state index in [-0.39, 0.29) is 12.3 Å². The average Bonchev–Trinajstić information content (AvgIpc) is 3.02. The molecule has 9 heteroatoms. The van der Waals surface area contributed by atoms with E-state index in [0.29, 0.717) is 6.61 Å². The third-order valence-corrected chi connectivity index (χ3v) is 3.15. The number of carbonyl (C=O) groups is 2. The summed E-state index contributed by atoms with van der Waals surface area (Å²) in [6.07, 6.45) is 3.95. The van der Waals surface area contributed by atoms with Crippen LogP contribution in [0, 0.1) is 0 Å². The number of hydrogen-bond donors (Lipinski definition) is 0. The molecule has 1 aliphatic heterocycles. The van der Waals surface area contributed by atoms with Crippen molar-refractivity contribution < 1.29 is 28.5 Å². The van der Waals surface area contributed by atoms with Gasteiger partial charge in [-0.15, -0.1) is 5.10 Å². The first kappa shape index (κ1) is 17.1. The molecular weight excluding hydrogens is 306 g/mol. The Balaban J connectivity index is 2.18. The van der Waals surface area contributed by atoms with Gasteiger partial charge in [0.25, 0.3) is 0 Å². The number of aromatic nitrogens is 3. The van der Waals surface area contributed by atoms with Gasteiger partial charge >= 0.3 is 11.9 Å². The van der Waals surface area contributed by atoms with E-state index in [9.17, 15) is 9.59 Å². The van der Waals surface area contributed by atoms with E-state index in [1.165, 1.54) is 24.9 Å². The Bertz CT molecular complexity index is 585. The van der Waals surface area contributed by atoms with E-state index in [4.69, 9.17) is 14.2 Å². The summed E-state index contributed by atoms with van der Waals surface area (Å²) in [6, 6.07) is -0.392. The molecule has 1 aromatic rings. The van der Waals surface area contributed by atoms with E-state index >= 15 is 0 Å². The van der Waals surface area contributed by atoms with Gasteiger partial charge < -0.3 is 18.9 Å². The number of ether oxygens (including phenoxy) is 4. The van der Waals surface area contributed by atoms with Crippen molar-refractivity contribution in [3.05, 3.63) is 24.0 Å². The van der Waals surface area contributed by atoms with Crippen molar-refractivity contribution in [2.75, 3.05) is 20.3 Å². The monoisotopic (exact) mass is 325 g/mol. The second kappa shape index (κ2) is 7.84. The van der Waals surface area contributed by atoms with Crippen LogP contribution in [0.5, 0.6) is 0 Å². The zero-order chi connectivity index (χ0) is 16.8. The topological polar surface area (TPSA) is 102 Å². The van der Waals surface area contributed by atoms with Crippen LogP contribution < -0.4 is 0 Å².